The highest BCUT2D eigenvalue weighted by Crippen LogP contribution is 2.32. The molecule has 1 amide bonds. The van der Waals surface area contributed by atoms with E-state index >= 15 is 0 Å². The van der Waals surface area contributed by atoms with E-state index in [9.17, 15) is 13.6 Å². The van der Waals surface area contributed by atoms with Crippen LogP contribution in [0.15, 0.2) is 24.3 Å². The zero-order chi connectivity index (χ0) is 20.2. The summed E-state index contributed by atoms with van der Waals surface area (Å²) in [6.07, 6.45) is 0. The van der Waals surface area contributed by atoms with Gasteiger partial charge in [0.05, 0.1) is 12.3 Å². The molecule has 0 aliphatic carbocycles. The maximum atomic E-state index is 12.8. The Morgan fingerprint density at radius 2 is 2.04 bits per heavy atom. The number of para-hydroxylation sites is 1. The first kappa shape index (κ1) is 20.7. The minimum Gasteiger partial charge on any atom is -0.490 e. The highest BCUT2D eigenvalue weighted by atomic mass is 19.3. The Labute approximate surface area is 157 Å². The number of rotatable bonds is 7. The second kappa shape index (κ2) is 8.37. The van der Waals surface area contributed by atoms with Crippen LogP contribution in [-0.4, -0.2) is 28.9 Å². The van der Waals surface area contributed by atoms with Gasteiger partial charge < -0.3 is 14.8 Å². The van der Waals surface area contributed by atoms with E-state index in [4.69, 9.17) is 4.74 Å². The fourth-order valence-electron chi connectivity index (χ4n) is 2.50. The molecular formula is C19H25F2N3O3. The van der Waals surface area contributed by atoms with Crippen LogP contribution in [0, 0.1) is 0 Å². The molecule has 1 N–H and O–H groups in total. The first-order chi connectivity index (χ1) is 12.6. The second-order valence-electron chi connectivity index (χ2n) is 7.03. The van der Waals surface area contributed by atoms with Crippen molar-refractivity contribution in [3.05, 3.63) is 41.2 Å². The zero-order valence-electron chi connectivity index (χ0n) is 16.2. The van der Waals surface area contributed by atoms with E-state index in [0.29, 0.717) is 17.9 Å². The van der Waals surface area contributed by atoms with Crippen molar-refractivity contribution in [1.82, 2.24) is 15.1 Å². The molecule has 0 atom stereocenters. The van der Waals surface area contributed by atoms with Gasteiger partial charge >= 0.3 is 6.61 Å². The van der Waals surface area contributed by atoms with Gasteiger partial charge in [0, 0.05) is 24.6 Å². The van der Waals surface area contributed by atoms with Crippen LogP contribution in [0.1, 0.15) is 49.4 Å². The van der Waals surface area contributed by atoms with Crippen molar-refractivity contribution in [2.75, 3.05) is 6.61 Å². The highest BCUT2D eigenvalue weighted by Gasteiger charge is 2.22. The molecule has 1 aromatic carbocycles. The molecular weight excluding hydrogens is 356 g/mol. The minimum atomic E-state index is -2.99. The van der Waals surface area contributed by atoms with Crippen molar-refractivity contribution >= 4 is 5.91 Å². The molecule has 0 spiro atoms. The van der Waals surface area contributed by atoms with Gasteiger partial charge in [0.1, 0.15) is 5.69 Å². The smallest absolute Gasteiger partial charge is 0.387 e. The number of aromatic nitrogens is 2. The number of amides is 1. The average molecular weight is 381 g/mol. The van der Waals surface area contributed by atoms with Gasteiger partial charge in [0.25, 0.3) is 5.91 Å². The summed E-state index contributed by atoms with van der Waals surface area (Å²) >= 11 is 0. The number of aryl methyl sites for hydroxylation is 1. The summed E-state index contributed by atoms with van der Waals surface area (Å²) in [6.45, 7) is 5.08. The number of alkyl halides is 2. The summed E-state index contributed by atoms with van der Waals surface area (Å²) < 4.78 is 37.0. The molecule has 0 aliphatic rings. The molecule has 0 aliphatic heterocycles. The maximum absolute atomic E-state index is 12.8. The number of hydrogen-bond acceptors (Lipinski definition) is 4. The number of nitrogens with zero attached hydrogens (tertiary/aromatic N) is 2. The van der Waals surface area contributed by atoms with Gasteiger partial charge in [0.15, 0.2) is 11.5 Å². The van der Waals surface area contributed by atoms with Crippen LogP contribution in [0.25, 0.3) is 0 Å². The molecule has 0 saturated carbocycles. The summed E-state index contributed by atoms with van der Waals surface area (Å²) in [5.41, 5.74) is 1.38. The summed E-state index contributed by atoms with van der Waals surface area (Å²) in [5, 5.41) is 7.09. The number of hydrogen-bond donors (Lipinski definition) is 1. The van der Waals surface area contributed by atoms with E-state index in [1.807, 2.05) is 20.8 Å². The van der Waals surface area contributed by atoms with E-state index in [-0.39, 0.29) is 29.4 Å². The van der Waals surface area contributed by atoms with E-state index in [2.05, 4.69) is 15.2 Å². The van der Waals surface area contributed by atoms with Gasteiger partial charge in [0.2, 0.25) is 0 Å². The molecule has 1 aromatic heterocycles. The van der Waals surface area contributed by atoms with E-state index < -0.39 is 6.61 Å². The molecule has 0 saturated heterocycles. The molecule has 148 valence electrons. The SMILES string of the molecule is CCOc1cccc(CNC(=O)c2cc(C(C)(C)C)nn2C)c1OC(F)F. The monoisotopic (exact) mass is 381 g/mol. The van der Waals surface area contributed by atoms with Gasteiger partial charge in [-0.15, -0.1) is 0 Å². The Morgan fingerprint density at radius 3 is 2.59 bits per heavy atom. The lowest BCUT2D eigenvalue weighted by Gasteiger charge is -2.15. The molecule has 0 unspecified atom stereocenters. The van der Waals surface area contributed by atoms with Crippen LogP contribution in [-0.2, 0) is 19.0 Å². The van der Waals surface area contributed by atoms with Crippen LogP contribution >= 0.6 is 0 Å². The molecule has 0 radical (unpaired) electrons. The van der Waals surface area contributed by atoms with Gasteiger partial charge in [-0.25, -0.2) is 0 Å². The lowest BCUT2D eigenvalue weighted by Crippen LogP contribution is -2.25. The van der Waals surface area contributed by atoms with Crippen LogP contribution in [0.5, 0.6) is 11.5 Å². The van der Waals surface area contributed by atoms with Gasteiger partial charge in [-0.3, -0.25) is 9.48 Å². The Kier molecular flexibility index (Phi) is 6.41. The van der Waals surface area contributed by atoms with E-state index in [0.717, 1.165) is 5.69 Å². The average Bonchev–Trinajstić information content (AvgIpc) is 2.97. The summed E-state index contributed by atoms with van der Waals surface area (Å²) in [7, 11) is 1.69. The van der Waals surface area contributed by atoms with Gasteiger partial charge in [-0.1, -0.05) is 32.9 Å². The van der Waals surface area contributed by atoms with Crippen LogP contribution < -0.4 is 14.8 Å². The molecule has 1 heterocycles. The van der Waals surface area contributed by atoms with Crippen molar-refractivity contribution in [1.29, 1.82) is 0 Å². The van der Waals surface area contributed by atoms with Crippen molar-refractivity contribution < 1.29 is 23.0 Å². The molecule has 2 aromatic rings. The Balaban J connectivity index is 2.20. The minimum absolute atomic E-state index is 0.0117. The number of benzene rings is 1. The fraction of sp³-hybridized carbons (Fsp3) is 0.474. The lowest BCUT2D eigenvalue weighted by atomic mass is 9.92. The first-order valence-electron chi connectivity index (χ1n) is 8.65. The van der Waals surface area contributed by atoms with E-state index in [1.165, 1.54) is 4.68 Å². The van der Waals surface area contributed by atoms with Crippen LogP contribution in [0.4, 0.5) is 8.78 Å². The molecule has 2 rings (SSSR count). The third-order valence-electron chi connectivity index (χ3n) is 3.89. The Morgan fingerprint density at radius 1 is 1.33 bits per heavy atom. The third kappa shape index (κ3) is 5.18. The summed E-state index contributed by atoms with van der Waals surface area (Å²) in [4.78, 5) is 12.5. The lowest BCUT2D eigenvalue weighted by molar-refractivity contribution is -0.0520. The first-order valence-corrected chi connectivity index (χ1v) is 8.65. The molecule has 8 heteroatoms. The van der Waals surface area contributed by atoms with E-state index in [1.54, 1.807) is 38.2 Å². The maximum Gasteiger partial charge on any atom is 0.387 e. The predicted octanol–water partition coefficient (Wildman–Crippen LogP) is 3.65. The number of carbonyl (C=O) groups excluding carboxylic acids is 1. The standard InChI is InChI=1S/C19H25F2N3O3/c1-6-26-14-9-7-8-12(16(14)27-18(20)21)11-22-17(25)13-10-15(19(2,3)4)23-24(13)5/h7-10,18H,6,11H2,1-5H3,(H,22,25). The summed E-state index contributed by atoms with van der Waals surface area (Å²) in [5.74, 6) is -0.222. The number of ether oxygens (including phenoxy) is 2. The largest absolute Gasteiger partial charge is 0.490 e. The zero-order valence-corrected chi connectivity index (χ0v) is 16.2. The second-order valence-corrected chi connectivity index (χ2v) is 7.03. The highest BCUT2D eigenvalue weighted by molar-refractivity contribution is 5.92. The normalized spacial score (nSPS) is 11.6. The fourth-order valence-corrected chi connectivity index (χ4v) is 2.50. The number of nitrogens with one attached hydrogen (secondary N) is 1. The number of carbonyl (C=O) groups is 1. The predicted molar refractivity (Wildman–Crippen MR) is 97.3 cm³/mol. The molecule has 27 heavy (non-hydrogen) atoms. The summed E-state index contributed by atoms with van der Waals surface area (Å²) in [6, 6.07) is 6.53. The molecule has 0 fully saturated rings. The topological polar surface area (TPSA) is 65.4 Å². The van der Waals surface area contributed by atoms with Gasteiger partial charge in [-0.2, -0.15) is 13.9 Å². The van der Waals surface area contributed by atoms with Crippen LogP contribution in [0.2, 0.25) is 0 Å². The van der Waals surface area contributed by atoms with Crippen molar-refractivity contribution in [3.8, 4) is 11.5 Å². The van der Waals surface area contributed by atoms with Crippen molar-refractivity contribution in [2.24, 2.45) is 7.05 Å². The van der Waals surface area contributed by atoms with Crippen LogP contribution in [0.3, 0.4) is 0 Å². The molecule has 6 nitrogen and oxygen atoms in total. The third-order valence-corrected chi connectivity index (χ3v) is 3.89. The number of halogens is 2. The van der Waals surface area contributed by atoms with Crippen molar-refractivity contribution in [2.45, 2.75) is 46.3 Å². The van der Waals surface area contributed by atoms with Gasteiger partial charge in [-0.05, 0) is 19.1 Å². The Hall–Kier alpha value is -2.64. The molecule has 0 bridgehead atoms. The Bertz CT molecular complexity index is 798. The van der Waals surface area contributed by atoms with Crippen molar-refractivity contribution in [3.63, 3.8) is 0 Å². The quantitative estimate of drug-likeness (QED) is 0.795.